The average molecular weight is 493 g/mol. The van der Waals surface area contributed by atoms with Crippen molar-refractivity contribution in [3.63, 3.8) is 0 Å². The lowest BCUT2D eigenvalue weighted by atomic mass is 9.82. The fourth-order valence-corrected chi connectivity index (χ4v) is 5.75. The zero-order chi connectivity index (χ0) is 25.7. The van der Waals surface area contributed by atoms with Crippen LogP contribution >= 0.6 is 0 Å². The van der Waals surface area contributed by atoms with Crippen molar-refractivity contribution in [2.75, 3.05) is 14.2 Å². The quantitative estimate of drug-likeness (QED) is 0.468. The average Bonchev–Trinajstić information content (AvgIpc) is 2.90. The van der Waals surface area contributed by atoms with Crippen molar-refractivity contribution in [3.8, 4) is 11.5 Å². The Kier molecular flexibility index (Phi) is 8.55. The number of amides is 2. The Hall–Kier alpha value is -3.02. The van der Waals surface area contributed by atoms with Gasteiger partial charge in [0, 0.05) is 13.1 Å². The van der Waals surface area contributed by atoms with E-state index in [1.807, 2.05) is 72.2 Å². The van der Waals surface area contributed by atoms with Crippen LogP contribution in [-0.4, -0.2) is 47.9 Å². The predicted molar refractivity (Wildman–Crippen MR) is 141 cm³/mol. The molecule has 6 heteroatoms. The fourth-order valence-electron chi connectivity index (χ4n) is 5.75. The molecular formula is C30H40N2O4. The first-order valence-corrected chi connectivity index (χ1v) is 13.3. The molecule has 1 aliphatic carbocycles. The van der Waals surface area contributed by atoms with Crippen LogP contribution in [-0.2, 0) is 22.7 Å². The molecule has 36 heavy (non-hydrogen) atoms. The Morgan fingerprint density at radius 2 is 1.25 bits per heavy atom. The summed E-state index contributed by atoms with van der Waals surface area (Å²) in [7, 11) is 3.29. The smallest absolute Gasteiger partial charge is 0.246 e. The van der Waals surface area contributed by atoms with Crippen LogP contribution in [0.5, 0.6) is 11.5 Å². The summed E-state index contributed by atoms with van der Waals surface area (Å²) in [5.74, 6) is 2.18. The van der Waals surface area contributed by atoms with Gasteiger partial charge in [-0.1, -0.05) is 70.2 Å². The van der Waals surface area contributed by atoms with Gasteiger partial charge in [-0.05, 0) is 53.6 Å². The van der Waals surface area contributed by atoms with Crippen LogP contribution in [0.4, 0.5) is 0 Å². The van der Waals surface area contributed by atoms with E-state index in [-0.39, 0.29) is 17.7 Å². The highest BCUT2D eigenvalue weighted by molar-refractivity contribution is 5.97. The van der Waals surface area contributed by atoms with E-state index >= 15 is 0 Å². The molecule has 6 nitrogen and oxygen atoms in total. The van der Waals surface area contributed by atoms with Gasteiger partial charge in [0.2, 0.25) is 11.8 Å². The molecule has 0 bridgehead atoms. The molecule has 2 aromatic carbocycles. The molecule has 0 spiro atoms. The van der Waals surface area contributed by atoms with Crippen LogP contribution in [0.3, 0.4) is 0 Å². The molecule has 0 unspecified atom stereocenters. The maximum atomic E-state index is 14.2. The van der Waals surface area contributed by atoms with Gasteiger partial charge in [-0.2, -0.15) is 0 Å². The maximum absolute atomic E-state index is 14.2. The second-order valence-corrected chi connectivity index (χ2v) is 10.6. The molecule has 1 saturated heterocycles. The molecule has 4 rings (SSSR count). The summed E-state index contributed by atoms with van der Waals surface area (Å²) in [5.41, 5.74) is 2.01. The molecule has 2 atom stereocenters. The lowest BCUT2D eigenvalue weighted by molar-refractivity contribution is -0.166. The summed E-state index contributed by atoms with van der Waals surface area (Å²) >= 11 is 0. The van der Waals surface area contributed by atoms with E-state index < -0.39 is 12.1 Å². The first kappa shape index (κ1) is 26.1. The summed E-state index contributed by atoms with van der Waals surface area (Å²) in [6, 6.07) is 14.7. The standard InChI is InChI=1S/C30H40N2O4/c1-21(2)28-30(34)31(19-23-10-14-25(35-3)15-11-23)27(18-22-8-6-5-7-9-22)29(33)32(28)20-24-12-16-26(36-4)17-13-24/h10-17,21-22,27-28H,5-9,18-20H2,1-4H3/t27-,28-/m0/s1. The first-order valence-electron chi connectivity index (χ1n) is 13.3. The molecule has 0 aromatic heterocycles. The van der Waals surface area contributed by atoms with E-state index in [1.165, 1.54) is 19.3 Å². The number of ether oxygens (including phenoxy) is 2. The van der Waals surface area contributed by atoms with Crippen molar-refractivity contribution in [1.82, 2.24) is 9.80 Å². The van der Waals surface area contributed by atoms with Crippen LogP contribution in [0.25, 0.3) is 0 Å². The summed E-state index contributed by atoms with van der Waals surface area (Å²) in [6.45, 7) is 4.92. The Labute approximate surface area is 215 Å². The van der Waals surface area contributed by atoms with Gasteiger partial charge in [-0.3, -0.25) is 9.59 Å². The molecule has 194 valence electrons. The van der Waals surface area contributed by atoms with E-state index in [9.17, 15) is 9.59 Å². The molecule has 1 aliphatic heterocycles. The van der Waals surface area contributed by atoms with Crippen LogP contribution in [0.2, 0.25) is 0 Å². The molecule has 0 N–H and O–H groups in total. The third kappa shape index (κ3) is 5.85. The largest absolute Gasteiger partial charge is 0.497 e. The molecule has 2 fully saturated rings. The summed E-state index contributed by atoms with van der Waals surface area (Å²) in [5, 5.41) is 0. The van der Waals surface area contributed by atoms with E-state index in [0.717, 1.165) is 41.9 Å². The lowest BCUT2D eigenvalue weighted by Crippen LogP contribution is -2.65. The van der Waals surface area contributed by atoms with E-state index in [0.29, 0.717) is 19.0 Å². The van der Waals surface area contributed by atoms with Crippen molar-refractivity contribution in [1.29, 1.82) is 0 Å². The summed E-state index contributed by atoms with van der Waals surface area (Å²) < 4.78 is 10.6. The minimum absolute atomic E-state index is 0.00805. The SMILES string of the molecule is COc1ccc(CN2C(=O)[C@H](CC3CCCCC3)N(Cc3ccc(OC)cc3)C(=O)[C@@H]2C(C)C)cc1. The van der Waals surface area contributed by atoms with Gasteiger partial charge in [0.15, 0.2) is 0 Å². The number of carbonyl (C=O) groups is 2. The fraction of sp³-hybridized carbons (Fsp3) is 0.533. The minimum atomic E-state index is -0.486. The first-order chi connectivity index (χ1) is 17.4. The van der Waals surface area contributed by atoms with Crippen LogP contribution in [0.15, 0.2) is 48.5 Å². The van der Waals surface area contributed by atoms with Crippen molar-refractivity contribution in [2.24, 2.45) is 11.8 Å². The van der Waals surface area contributed by atoms with E-state index in [4.69, 9.17) is 9.47 Å². The van der Waals surface area contributed by atoms with E-state index in [1.54, 1.807) is 14.2 Å². The molecule has 1 heterocycles. The number of hydrogen-bond acceptors (Lipinski definition) is 4. The predicted octanol–water partition coefficient (Wildman–Crippen LogP) is 5.44. The van der Waals surface area contributed by atoms with Gasteiger partial charge >= 0.3 is 0 Å². The highest BCUT2D eigenvalue weighted by atomic mass is 16.5. The minimum Gasteiger partial charge on any atom is -0.497 e. The van der Waals surface area contributed by atoms with Gasteiger partial charge in [0.1, 0.15) is 23.6 Å². The number of carbonyl (C=O) groups excluding carboxylic acids is 2. The molecule has 0 radical (unpaired) electrons. The second kappa shape index (κ2) is 11.8. The maximum Gasteiger partial charge on any atom is 0.246 e. The highest BCUT2D eigenvalue weighted by Crippen LogP contribution is 2.34. The number of hydrogen-bond donors (Lipinski definition) is 0. The Morgan fingerprint density at radius 3 is 1.72 bits per heavy atom. The molecule has 1 saturated carbocycles. The molecule has 2 aliphatic rings. The van der Waals surface area contributed by atoms with Gasteiger partial charge in [0.05, 0.1) is 14.2 Å². The number of rotatable bonds is 9. The number of benzene rings is 2. The lowest BCUT2D eigenvalue weighted by Gasteiger charge is -2.47. The number of piperazine rings is 1. The molecule has 2 aromatic rings. The van der Waals surface area contributed by atoms with Crippen LogP contribution in [0.1, 0.15) is 63.5 Å². The zero-order valence-corrected chi connectivity index (χ0v) is 22.1. The Bertz CT molecular complexity index is 1010. The second-order valence-electron chi connectivity index (χ2n) is 10.6. The normalized spacial score (nSPS) is 21.2. The van der Waals surface area contributed by atoms with Gasteiger partial charge in [-0.25, -0.2) is 0 Å². The third-order valence-electron chi connectivity index (χ3n) is 7.75. The molecule has 2 amide bonds. The third-order valence-corrected chi connectivity index (χ3v) is 7.75. The Morgan fingerprint density at radius 1 is 0.750 bits per heavy atom. The highest BCUT2D eigenvalue weighted by Gasteiger charge is 2.47. The van der Waals surface area contributed by atoms with Gasteiger partial charge in [-0.15, -0.1) is 0 Å². The summed E-state index contributed by atoms with van der Waals surface area (Å²) in [4.78, 5) is 32.0. The Balaban J connectivity index is 1.64. The molecular weight excluding hydrogens is 452 g/mol. The van der Waals surface area contributed by atoms with Gasteiger partial charge < -0.3 is 19.3 Å². The van der Waals surface area contributed by atoms with Crippen LogP contribution < -0.4 is 9.47 Å². The monoisotopic (exact) mass is 492 g/mol. The van der Waals surface area contributed by atoms with Crippen molar-refractivity contribution in [2.45, 2.75) is 77.5 Å². The van der Waals surface area contributed by atoms with Crippen molar-refractivity contribution in [3.05, 3.63) is 59.7 Å². The summed E-state index contributed by atoms with van der Waals surface area (Å²) in [6.07, 6.45) is 6.71. The number of nitrogens with zero attached hydrogens (tertiary/aromatic N) is 2. The van der Waals surface area contributed by atoms with Crippen LogP contribution in [0, 0.1) is 11.8 Å². The topological polar surface area (TPSA) is 59.1 Å². The zero-order valence-electron chi connectivity index (χ0n) is 22.1. The van der Waals surface area contributed by atoms with Crippen molar-refractivity contribution < 1.29 is 19.1 Å². The van der Waals surface area contributed by atoms with Gasteiger partial charge in [0.25, 0.3) is 0 Å². The van der Waals surface area contributed by atoms with Crippen molar-refractivity contribution >= 4 is 11.8 Å². The van der Waals surface area contributed by atoms with E-state index in [2.05, 4.69) is 0 Å². The number of methoxy groups -OCH3 is 2.